The maximum absolute atomic E-state index is 13.9. The lowest BCUT2D eigenvalue weighted by Gasteiger charge is -2.28. The monoisotopic (exact) mass is 459 g/mol. The Morgan fingerprint density at radius 1 is 1.12 bits per heavy atom. The molecule has 11 nitrogen and oxygen atoms in total. The van der Waals surface area contributed by atoms with Crippen molar-refractivity contribution >= 4 is 29.6 Å². The van der Waals surface area contributed by atoms with Crippen LogP contribution in [0.3, 0.4) is 0 Å². The lowest BCUT2D eigenvalue weighted by atomic mass is 9.98. The van der Waals surface area contributed by atoms with Gasteiger partial charge in [0.1, 0.15) is 24.8 Å². The van der Waals surface area contributed by atoms with Crippen molar-refractivity contribution in [2.75, 3.05) is 19.6 Å². The topological polar surface area (TPSA) is 171 Å². The van der Waals surface area contributed by atoms with Crippen molar-refractivity contribution in [3.05, 3.63) is 0 Å². The highest BCUT2D eigenvalue weighted by atomic mass is 19.1. The number of halogens is 1. The fraction of sp³-hybridized carbons (Fsp3) is 0.750. The first-order valence-electron chi connectivity index (χ1n) is 10.7. The van der Waals surface area contributed by atoms with Gasteiger partial charge in [-0.3, -0.25) is 24.0 Å². The summed E-state index contributed by atoms with van der Waals surface area (Å²) in [5.74, 6) is -4.27. The zero-order valence-electron chi connectivity index (χ0n) is 18.9. The van der Waals surface area contributed by atoms with Crippen molar-refractivity contribution in [1.29, 1.82) is 0 Å². The van der Waals surface area contributed by atoms with Gasteiger partial charge >= 0.3 is 5.97 Å². The van der Waals surface area contributed by atoms with Gasteiger partial charge in [0.05, 0.1) is 19.1 Å². The minimum atomic E-state index is -1.38. The van der Waals surface area contributed by atoms with Gasteiger partial charge in [-0.15, -0.1) is 0 Å². The van der Waals surface area contributed by atoms with Crippen LogP contribution in [0.1, 0.15) is 40.5 Å². The molecule has 1 fully saturated rings. The SMILES string of the molecule is CC[C@H](C)[C@H](NC(=O)CNC(=O)[C@@H]1C[C@H](F)CN1C(=O)[C@@H](N)C(C)C)C(=O)NCC(=O)O. The van der Waals surface area contributed by atoms with E-state index >= 15 is 0 Å². The molecule has 0 unspecified atom stereocenters. The van der Waals surface area contributed by atoms with E-state index in [0.29, 0.717) is 6.42 Å². The van der Waals surface area contributed by atoms with Gasteiger partial charge in [-0.2, -0.15) is 0 Å². The smallest absolute Gasteiger partial charge is 0.322 e. The number of carboxylic acids is 1. The molecular formula is C20H34FN5O6. The van der Waals surface area contributed by atoms with E-state index in [-0.39, 0.29) is 24.8 Å². The summed E-state index contributed by atoms with van der Waals surface area (Å²) in [6.07, 6.45) is -1.04. The molecular weight excluding hydrogens is 425 g/mol. The number of nitrogens with zero attached hydrogens (tertiary/aromatic N) is 1. The minimum absolute atomic E-state index is 0.194. The van der Waals surface area contributed by atoms with Crippen LogP contribution in [0.2, 0.25) is 0 Å². The Bertz CT molecular complexity index is 719. The number of alkyl halides is 1. The molecule has 1 aliphatic heterocycles. The van der Waals surface area contributed by atoms with Crippen LogP contribution in [0, 0.1) is 11.8 Å². The number of amides is 4. The van der Waals surface area contributed by atoms with E-state index in [2.05, 4.69) is 16.0 Å². The second-order valence-electron chi connectivity index (χ2n) is 8.37. The van der Waals surface area contributed by atoms with Crippen molar-refractivity contribution in [3.8, 4) is 0 Å². The van der Waals surface area contributed by atoms with Crippen molar-refractivity contribution in [3.63, 3.8) is 0 Å². The first-order chi connectivity index (χ1) is 14.9. The van der Waals surface area contributed by atoms with Crippen molar-refractivity contribution in [2.24, 2.45) is 17.6 Å². The molecule has 1 heterocycles. The van der Waals surface area contributed by atoms with Gasteiger partial charge in [0.2, 0.25) is 23.6 Å². The standard InChI is InChI=1S/C20H34FN5O6/c1-5-11(4)17(19(31)24-8-15(28)29)25-14(27)7-23-18(30)13-6-12(21)9-26(13)20(32)16(22)10(2)3/h10-13,16-17H,5-9,22H2,1-4H3,(H,23,30)(H,24,31)(H,25,27)(H,28,29)/t11-,12-,13-,16-,17-/m0/s1. The number of likely N-dealkylation sites (tertiary alicyclic amines) is 1. The van der Waals surface area contributed by atoms with E-state index in [1.807, 2.05) is 0 Å². The molecule has 1 aliphatic rings. The summed E-state index contributed by atoms with van der Waals surface area (Å²) in [4.78, 5) is 61.4. The molecule has 5 atom stereocenters. The molecule has 12 heteroatoms. The zero-order chi connectivity index (χ0) is 24.6. The van der Waals surface area contributed by atoms with Crippen molar-refractivity contribution in [1.82, 2.24) is 20.9 Å². The molecule has 0 bridgehead atoms. The Labute approximate surface area is 186 Å². The molecule has 1 rings (SSSR count). The largest absolute Gasteiger partial charge is 0.480 e. The molecule has 0 spiro atoms. The molecule has 0 radical (unpaired) electrons. The number of nitrogens with one attached hydrogen (secondary N) is 3. The number of carbonyl (C=O) groups excluding carboxylic acids is 4. The van der Waals surface area contributed by atoms with E-state index < -0.39 is 67.0 Å². The Kier molecular flexibility index (Phi) is 10.5. The van der Waals surface area contributed by atoms with Crippen LogP contribution in [-0.4, -0.2) is 83.5 Å². The van der Waals surface area contributed by atoms with Crippen LogP contribution in [0.25, 0.3) is 0 Å². The Balaban J connectivity index is 2.72. The molecule has 0 aromatic heterocycles. The third kappa shape index (κ3) is 7.74. The Morgan fingerprint density at radius 3 is 2.28 bits per heavy atom. The molecule has 0 aliphatic carbocycles. The highest BCUT2D eigenvalue weighted by molar-refractivity contribution is 5.94. The van der Waals surface area contributed by atoms with Gasteiger partial charge in [-0.1, -0.05) is 34.1 Å². The summed E-state index contributed by atoms with van der Waals surface area (Å²) in [5, 5.41) is 15.8. The summed E-state index contributed by atoms with van der Waals surface area (Å²) < 4.78 is 13.9. The Hall–Kier alpha value is -2.76. The first kappa shape index (κ1) is 27.3. The fourth-order valence-electron chi connectivity index (χ4n) is 3.24. The average molecular weight is 460 g/mol. The molecule has 0 aromatic carbocycles. The molecule has 182 valence electrons. The van der Waals surface area contributed by atoms with Gasteiger partial charge in [0.15, 0.2) is 0 Å². The Morgan fingerprint density at radius 2 is 1.75 bits per heavy atom. The lowest BCUT2D eigenvalue weighted by Crippen LogP contribution is -2.55. The van der Waals surface area contributed by atoms with E-state index in [9.17, 15) is 28.4 Å². The molecule has 6 N–H and O–H groups in total. The van der Waals surface area contributed by atoms with E-state index in [1.165, 1.54) is 0 Å². The summed E-state index contributed by atoms with van der Waals surface area (Å²) in [5.41, 5.74) is 5.85. The summed E-state index contributed by atoms with van der Waals surface area (Å²) >= 11 is 0. The zero-order valence-corrected chi connectivity index (χ0v) is 18.9. The average Bonchev–Trinajstić information content (AvgIpc) is 3.13. The van der Waals surface area contributed by atoms with E-state index in [4.69, 9.17) is 10.8 Å². The summed E-state index contributed by atoms with van der Waals surface area (Å²) in [6, 6.07) is -2.95. The molecule has 4 amide bonds. The second kappa shape index (κ2) is 12.3. The number of rotatable bonds is 11. The number of aliphatic carboxylic acids is 1. The van der Waals surface area contributed by atoms with Gasteiger partial charge in [0.25, 0.3) is 0 Å². The minimum Gasteiger partial charge on any atom is -0.480 e. The van der Waals surface area contributed by atoms with Gasteiger partial charge in [-0.05, 0) is 11.8 Å². The number of hydrogen-bond acceptors (Lipinski definition) is 6. The van der Waals surface area contributed by atoms with Crippen molar-refractivity contribution < 1.29 is 33.5 Å². The molecule has 1 saturated heterocycles. The van der Waals surface area contributed by atoms with Crippen LogP contribution in [0.15, 0.2) is 0 Å². The van der Waals surface area contributed by atoms with E-state index in [0.717, 1.165) is 4.90 Å². The highest BCUT2D eigenvalue weighted by Gasteiger charge is 2.41. The number of carbonyl (C=O) groups is 5. The van der Waals surface area contributed by atoms with Gasteiger partial charge in [-0.25, -0.2) is 4.39 Å². The molecule has 0 aromatic rings. The number of hydrogen-bond donors (Lipinski definition) is 5. The third-order valence-corrected chi connectivity index (χ3v) is 5.49. The van der Waals surface area contributed by atoms with Crippen LogP contribution in [0.4, 0.5) is 4.39 Å². The maximum atomic E-state index is 13.9. The summed E-state index contributed by atoms with van der Waals surface area (Å²) in [6.45, 7) is 5.67. The van der Waals surface area contributed by atoms with E-state index in [1.54, 1.807) is 27.7 Å². The third-order valence-electron chi connectivity index (χ3n) is 5.49. The molecule has 32 heavy (non-hydrogen) atoms. The van der Waals surface area contributed by atoms with Crippen LogP contribution in [-0.2, 0) is 24.0 Å². The first-order valence-corrected chi connectivity index (χ1v) is 10.7. The quantitative estimate of drug-likeness (QED) is 0.257. The van der Waals surface area contributed by atoms with Crippen molar-refractivity contribution in [2.45, 2.75) is 64.8 Å². The predicted octanol–water partition coefficient (Wildman–Crippen LogP) is -1.24. The van der Waals surface area contributed by atoms with Crippen LogP contribution in [0.5, 0.6) is 0 Å². The van der Waals surface area contributed by atoms with Gasteiger partial charge in [0, 0.05) is 6.42 Å². The molecule has 0 saturated carbocycles. The fourth-order valence-corrected chi connectivity index (χ4v) is 3.24. The van der Waals surface area contributed by atoms with Crippen LogP contribution < -0.4 is 21.7 Å². The maximum Gasteiger partial charge on any atom is 0.322 e. The lowest BCUT2D eigenvalue weighted by molar-refractivity contribution is -0.140. The predicted molar refractivity (Wildman–Crippen MR) is 113 cm³/mol. The summed E-state index contributed by atoms with van der Waals surface area (Å²) in [7, 11) is 0. The van der Waals surface area contributed by atoms with Crippen LogP contribution >= 0.6 is 0 Å². The number of carboxylic acid groups (broad SMARTS) is 1. The second-order valence-corrected chi connectivity index (χ2v) is 8.37. The number of nitrogens with two attached hydrogens (primary N) is 1. The highest BCUT2D eigenvalue weighted by Crippen LogP contribution is 2.22. The normalized spacial score (nSPS) is 20.9. The van der Waals surface area contributed by atoms with Gasteiger partial charge < -0.3 is 31.7 Å².